The lowest BCUT2D eigenvalue weighted by atomic mass is 9.98. The number of fused-ring (bicyclic) bond motifs is 1. The summed E-state index contributed by atoms with van der Waals surface area (Å²) in [6.07, 6.45) is 4.41. The van der Waals surface area contributed by atoms with Crippen LogP contribution in [-0.2, 0) is 13.0 Å². The van der Waals surface area contributed by atoms with E-state index in [1.165, 1.54) is 18.7 Å². The van der Waals surface area contributed by atoms with Crippen molar-refractivity contribution < 1.29 is 0 Å². The number of nitrogens with two attached hydrogens (primary N) is 1. The highest BCUT2D eigenvalue weighted by Crippen LogP contribution is 2.24. The molecular weight excluding hydrogens is 202 g/mol. The van der Waals surface area contributed by atoms with Crippen LogP contribution in [0.15, 0.2) is 0 Å². The summed E-state index contributed by atoms with van der Waals surface area (Å²) < 4.78 is 2.29. The topological polar surface area (TPSA) is 68.8 Å². The Kier molecular flexibility index (Phi) is 2.65. The average molecular weight is 221 g/mol. The van der Waals surface area contributed by atoms with E-state index in [1.54, 1.807) is 0 Å². The van der Waals surface area contributed by atoms with Crippen molar-refractivity contribution >= 4 is 0 Å². The molecule has 2 aliphatic rings. The molecule has 2 unspecified atom stereocenters. The highest BCUT2D eigenvalue weighted by atomic mass is 15.3. The van der Waals surface area contributed by atoms with Crippen molar-refractivity contribution in [3.63, 3.8) is 0 Å². The Balaban J connectivity index is 1.85. The maximum Gasteiger partial charge on any atom is 0.137 e. The molecule has 3 rings (SSSR count). The lowest BCUT2D eigenvalue weighted by molar-refractivity contribution is 0.405. The van der Waals surface area contributed by atoms with E-state index in [0.717, 1.165) is 38.3 Å². The number of hydrogen-bond donors (Lipinski definition) is 2. The molecule has 0 bridgehead atoms. The van der Waals surface area contributed by atoms with E-state index in [4.69, 9.17) is 5.73 Å². The molecule has 88 valence electrons. The maximum absolute atomic E-state index is 5.94. The molecule has 3 heterocycles. The van der Waals surface area contributed by atoms with Crippen molar-refractivity contribution in [1.82, 2.24) is 20.1 Å². The molecule has 3 N–H and O–H groups in total. The van der Waals surface area contributed by atoms with Gasteiger partial charge < -0.3 is 15.6 Å². The van der Waals surface area contributed by atoms with E-state index in [2.05, 4.69) is 20.1 Å². The number of aromatic nitrogens is 3. The lowest BCUT2D eigenvalue weighted by Gasteiger charge is -2.25. The molecule has 5 nitrogen and oxygen atoms in total. The highest BCUT2D eigenvalue weighted by molar-refractivity contribution is 5.07. The van der Waals surface area contributed by atoms with Crippen LogP contribution in [0.4, 0.5) is 0 Å². The molecule has 0 radical (unpaired) electrons. The Morgan fingerprint density at radius 1 is 1.31 bits per heavy atom. The summed E-state index contributed by atoms with van der Waals surface area (Å²) in [5, 5.41) is 12.1. The van der Waals surface area contributed by atoms with E-state index in [9.17, 15) is 0 Å². The second kappa shape index (κ2) is 4.14. The van der Waals surface area contributed by atoms with Crippen LogP contribution in [0, 0.1) is 0 Å². The van der Waals surface area contributed by atoms with Crippen LogP contribution in [-0.4, -0.2) is 33.9 Å². The summed E-state index contributed by atoms with van der Waals surface area (Å²) >= 11 is 0. The smallest absolute Gasteiger partial charge is 0.137 e. The Morgan fingerprint density at radius 2 is 2.25 bits per heavy atom. The molecule has 2 aliphatic heterocycles. The van der Waals surface area contributed by atoms with Crippen LogP contribution in [0.1, 0.15) is 36.8 Å². The standard InChI is InChI=1S/C11H19N5/c12-9-3-5-16-10(6-9)14-15-11(16)8-2-1-4-13-7-8/h8-9,13H,1-7,12H2. The summed E-state index contributed by atoms with van der Waals surface area (Å²) in [5.41, 5.74) is 5.94. The quantitative estimate of drug-likeness (QED) is 0.701. The first kappa shape index (κ1) is 10.2. The summed E-state index contributed by atoms with van der Waals surface area (Å²) in [6, 6.07) is 0.272. The fourth-order valence-corrected chi connectivity index (χ4v) is 2.75. The largest absolute Gasteiger partial charge is 0.327 e. The van der Waals surface area contributed by atoms with Gasteiger partial charge in [0.15, 0.2) is 0 Å². The third-order valence-corrected chi connectivity index (χ3v) is 3.69. The van der Waals surface area contributed by atoms with Crippen molar-refractivity contribution in [2.24, 2.45) is 5.73 Å². The first-order valence-corrected chi connectivity index (χ1v) is 6.23. The Labute approximate surface area is 95.4 Å². The minimum atomic E-state index is 0.272. The van der Waals surface area contributed by atoms with Crippen LogP contribution in [0.3, 0.4) is 0 Å². The van der Waals surface area contributed by atoms with Gasteiger partial charge in [-0.3, -0.25) is 0 Å². The van der Waals surface area contributed by atoms with Crippen LogP contribution >= 0.6 is 0 Å². The van der Waals surface area contributed by atoms with E-state index in [1.807, 2.05) is 0 Å². The number of nitrogens with zero attached hydrogens (tertiary/aromatic N) is 3. The zero-order chi connectivity index (χ0) is 11.0. The number of rotatable bonds is 1. The van der Waals surface area contributed by atoms with Crippen molar-refractivity contribution in [2.45, 2.75) is 44.2 Å². The van der Waals surface area contributed by atoms with Gasteiger partial charge >= 0.3 is 0 Å². The molecule has 2 atom stereocenters. The van der Waals surface area contributed by atoms with Gasteiger partial charge in [-0.05, 0) is 25.8 Å². The number of piperidine rings is 1. The molecule has 1 aromatic rings. The Hall–Kier alpha value is -0.940. The zero-order valence-electron chi connectivity index (χ0n) is 9.52. The van der Waals surface area contributed by atoms with Gasteiger partial charge in [0, 0.05) is 31.5 Å². The molecule has 1 saturated heterocycles. The van der Waals surface area contributed by atoms with Crippen molar-refractivity contribution in [3.05, 3.63) is 11.6 Å². The van der Waals surface area contributed by atoms with E-state index in [-0.39, 0.29) is 6.04 Å². The van der Waals surface area contributed by atoms with Crippen LogP contribution in [0.2, 0.25) is 0 Å². The first-order chi connectivity index (χ1) is 7.84. The third-order valence-electron chi connectivity index (χ3n) is 3.69. The molecule has 1 fully saturated rings. The van der Waals surface area contributed by atoms with Crippen molar-refractivity contribution in [2.75, 3.05) is 13.1 Å². The minimum absolute atomic E-state index is 0.272. The number of nitrogens with one attached hydrogen (secondary N) is 1. The van der Waals surface area contributed by atoms with E-state index >= 15 is 0 Å². The van der Waals surface area contributed by atoms with Gasteiger partial charge in [-0.1, -0.05) is 0 Å². The summed E-state index contributed by atoms with van der Waals surface area (Å²) in [6.45, 7) is 3.18. The van der Waals surface area contributed by atoms with Gasteiger partial charge in [0.1, 0.15) is 11.6 Å². The number of hydrogen-bond acceptors (Lipinski definition) is 4. The van der Waals surface area contributed by atoms with E-state index in [0.29, 0.717) is 5.92 Å². The van der Waals surface area contributed by atoms with Gasteiger partial charge in [-0.15, -0.1) is 10.2 Å². The molecule has 0 spiro atoms. The van der Waals surface area contributed by atoms with Gasteiger partial charge in [-0.25, -0.2) is 0 Å². The van der Waals surface area contributed by atoms with E-state index < -0.39 is 0 Å². The second-order valence-corrected chi connectivity index (χ2v) is 4.92. The van der Waals surface area contributed by atoms with Crippen LogP contribution < -0.4 is 11.1 Å². The highest BCUT2D eigenvalue weighted by Gasteiger charge is 2.26. The summed E-state index contributed by atoms with van der Waals surface area (Å²) in [5.74, 6) is 2.80. The summed E-state index contributed by atoms with van der Waals surface area (Å²) in [4.78, 5) is 0. The average Bonchev–Trinajstić information content (AvgIpc) is 2.73. The predicted molar refractivity (Wildman–Crippen MR) is 61.2 cm³/mol. The fraction of sp³-hybridized carbons (Fsp3) is 0.818. The zero-order valence-corrected chi connectivity index (χ0v) is 9.52. The normalized spacial score (nSPS) is 30.1. The molecule has 5 heteroatoms. The van der Waals surface area contributed by atoms with Gasteiger partial charge in [-0.2, -0.15) is 0 Å². The van der Waals surface area contributed by atoms with Gasteiger partial charge in [0.05, 0.1) is 0 Å². The monoisotopic (exact) mass is 221 g/mol. The molecular formula is C11H19N5. The van der Waals surface area contributed by atoms with Crippen molar-refractivity contribution in [3.8, 4) is 0 Å². The fourth-order valence-electron chi connectivity index (χ4n) is 2.75. The van der Waals surface area contributed by atoms with Crippen LogP contribution in [0.25, 0.3) is 0 Å². The third kappa shape index (κ3) is 1.74. The SMILES string of the molecule is NC1CCn2c(nnc2C2CCCNC2)C1. The predicted octanol–water partition coefficient (Wildman–Crippen LogP) is 0.0186. The Bertz CT molecular complexity index is 366. The van der Waals surface area contributed by atoms with Gasteiger partial charge in [0.25, 0.3) is 0 Å². The molecule has 0 aliphatic carbocycles. The summed E-state index contributed by atoms with van der Waals surface area (Å²) in [7, 11) is 0. The van der Waals surface area contributed by atoms with Crippen molar-refractivity contribution in [1.29, 1.82) is 0 Å². The molecule has 16 heavy (non-hydrogen) atoms. The minimum Gasteiger partial charge on any atom is -0.327 e. The Morgan fingerprint density at radius 3 is 3.06 bits per heavy atom. The maximum atomic E-state index is 5.94. The molecule has 1 aromatic heterocycles. The van der Waals surface area contributed by atoms with Gasteiger partial charge in [0.2, 0.25) is 0 Å². The van der Waals surface area contributed by atoms with Crippen LogP contribution in [0.5, 0.6) is 0 Å². The molecule has 0 aromatic carbocycles. The second-order valence-electron chi connectivity index (χ2n) is 4.92. The lowest BCUT2D eigenvalue weighted by Crippen LogP contribution is -2.34. The molecule has 0 amide bonds. The first-order valence-electron chi connectivity index (χ1n) is 6.23. The molecule has 0 saturated carbocycles.